The molecule has 0 aromatic heterocycles. The van der Waals surface area contributed by atoms with Gasteiger partial charge in [0.15, 0.2) is 0 Å². The number of terminal acetylenes is 1. The van der Waals surface area contributed by atoms with Crippen LogP contribution in [0, 0.1) is 19.3 Å². The Balaban J connectivity index is 2.50. The predicted molar refractivity (Wildman–Crippen MR) is 65.8 cm³/mol. The lowest BCUT2D eigenvalue weighted by Gasteiger charge is -2.12. The van der Waals surface area contributed by atoms with Crippen molar-refractivity contribution in [2.75, 3.05) is 6.54 Å². The topological polar surface area (TPSA) is 12.0 Å². The summed E-state index contributed by atoms with van der Waals surface area (Å²) in [6.07, 6.45) is 7.51. The van der Waals surface area contributed by atoms with E-state index in [-0.39, 0.29) is 6.04 Å². The van der Waals surface area contributed by atoms with Gasteiger partial charge in [0.25, 0.3) is 0 Å². The first-order valence-corrected chi connectivity index (χ1v) is 5.52. The minimum atomic E-state index is 0.203. The quantitative estimate of drug-likeness (QED) is 0.722. The van der Waals surface area contributed by atoms with E-state index >= 15 is 0 Å². The standard InChI is InChI=1S/C14H19N/c1-4-14(15-5-2)11-10-13-9-7-6-8-12(13)3/h1,6-9,14-15H,5,10-11H2,2-3H3. The molecule has 0 saturated carbocycles. The van der Waals surface area contributed by atoms with E-state index in [2.05, 4.69) is 49.4 Å². The van der Waals surface area contributed by atoms with Crippen LogP contribution in [0.15, 0.2) is 24.3 Å². The second-order valence-electron chi connectivity index (χ2n) is 3.74. The summed E-state index contributed by atoms with van der Waals surface area (Å²) < 4.78 is 0. The van der Waals surface area contributed by atoms with Crippen LogP contribution in [0.1, 0.15) is 24.5 Å². The molecule has 0 fully saturated rings. The third-order valence-corrected chi connectivity index (χ3v) is 2.62. The van der Waals surface area contributed by atoms with Crippen molar-refractivity contribution < 1.29 is 0 Å². The van der Waals surface area contributed by atoms with Gasteiger partial charge < -0.3 is 5.32 Å². The molecule has 0 amide bonds. The summed E-state index contributed by atoms with van der Waals surface area (Å²) in [6.45, 7) is 5.16. The molecule has 1 aromatic rings. The summed E-state index contributed by atoms with van der Waals surface area (Å²) in [6, 6.07) is 8.68. The Morgan fingerprint density at radius 3 is 2.73 bits per heavy atom. The zero-order valence-electron chi connectivity index (χ0n) is 9.59. The fraction of sp³-hybridized carbons (Fsp3) is 0.429. The Labute approximate surface area is 92.9 Å². The Hall–Kier alpha value is -1.26. The number of rotatable bonds is 5. The Morgan fingerprint density at radius 1 is 1.40 bits per heavy atom. The maximum Gasteiger partial charge on any atom is 0.0690 e. The van der Waals surface area contributed by atoms with Crippen LogP contribution in [0.5, 0.6) is 0 Å². The fourth-order valence-electron chi connectivity index (χ4n) is 1.68. The first-order valence-electron chi connectivity index (χ1n) is 5.52. The van der Waals surface area contributed by atoms with Crippen LogP contribution in [-0.2, 0) is 6.42 Å². The first-order chi connectivity index (χ1) is 7.27. The van der Waals surface area contributed by atoms with Crippen molar-refractivity contribution in [1.29, 1.82) is 0 Å². The van der Waals surface area contributed by atoms with Gasteiger partial charge in [-0.3, -0.25) is 0 Å². The van der Waals surface area contributed by atoms with E-state index in [0.29, 0.717) is 0 Å². The van der Waals surface area contributed by atoms with Gasteiger partial charge in [0.05, 0.1) is 6.04 Å². The molecule has 15 heavy (non-hydrogen) atoms. The van der Waals surface area contributed by atoms with Gasteiger partial charge in [-0.1, -0.05) is 37.1 Å². The highest BCUT2D eigenvalue weighted by Crippen LogP contribution is 2.10. The molecular formula is C14H19N. The fourth-order valence-corrected chi connectivity index (χ4v) is 1.68. The minimum absolute atomic E-state index is 0.203. The summed E-state index contributed by atoms with van der Waals surface area (Å²) in [7, 11) is 0. The van der Waals surface area contributed by atoms with Crippen molar-refractivity contribution in [3.63, 3.8) is 0 Å². The molecule has 1 heteroatoms. The summed E-state index contributed by atoms with van der Waals surface area (Å²) in [5, 5.41) is 3.29. The van der Waals surface area contributed by atoms with Gasteiger partial charge in [-0.05, 0) is 37.4 Å². The lowest BCUT2D eigenvalue weighted by Crippen LogP contribution is -2.27. The third-order valence-electron chi connectivity index (χ3n) is 2.62. The zero-order valence-corrected chi connectivity index (χ0v) is 9.59. The van der Waals surface area contributed by atoms with Gasteiger partial charge in [0, 0.05) is 0 Å². The summed E-state index contributed by atoms with van der Waals surface area (Å²) >= 11 is 0. The van der Waals surface area contributed by atoms with Gasteiger partial charge in [-0.15, -0.1) is 6.42 Å². The second kappa shape index (κ2) is 6.27. The second-order valence-corrected chi connectivity index (χ2v) is 3.74. The lowest BCUT2D eigenvalue weighted by atomic mass is 10.0. The Kier molecular flexibility index (Phi) is 4.93. The number of hydrogen-bond acceptors (Lipinski definition) is 1. The molecule has 0 spiro atoms. The molecule has 0 heterocycles. The molecule has 1 rings (SSSR count). The molecule has 0 radical (unpaired) electrons. The molecule has 0 aliphatic rings. The van der Waals surface area contributed by atoms with Crippen molar-refractivity contribution in [1.82, 2.24) is 5.32 Å². The molecule has 0 saturated heterocycles. The maximum atomic E-state index is 5.45. The van der Waals surface area contributed by atoms with E-state index in [1.54, 1.807) is 0 Å². The van der Waals surface area contributed by atoms with Gasteiger partial charge in [-0.2, -0.15) is 0 Å². The number of nitrogens with one attached hydrogen (secondary N) is 1. The van der Waals surface area contributed by atoms with Crippen LogP contribution in [0.25, 0.3) is 0 Å². The molecular weight excluding hydrogens is 182 g/mol. The molecule has 1 unspecified atom stereocenters. The third kappa shape index (κ3) is 3.77. The highest BCUT2D eigenvalue weighted by atomic mass is 14.9. The molecule has 0 aliphatic carbocycles. The van der Waals surface area contributed by atoms with Gasteiger partial charge >= 0.3 is 0 Å². The average molecular weight is 201 g/mol. The summed E-state index contributed by atoms with van der Waals surface area (Å²) in [5.74, 6) is 2.78. The van der Waals surface area contributed by atoms with E-state index in [1.807, 2.05) is 0 Å². The first kappa shape index (κ1) is 11.8. The average Bonchev–Trinajstić information content (AvgIpc) is 2.26. The van der Waals surface area contributed by atoms with Crippen molar-refractivity contribution >= 4 is 0 Å². The molecule has 0 aliphatic heterocycles. The van der Waals surface area contributed by atoms with Crippen molar-refractivity contribution in [3.05, 3.63) is 35.4 Å². The molecule has 1 atom stereocenters. The van der Waals surface area contributed by atoms with E-state index < -0.39 is 0 Å². The molecule has 1 aromatic carbocycles. The van der Waals surface area contributed by atoms with Crippen molar-refractivity contribution in [2.24, 2.45) is 0 Å². The van der Waals surface area contributed by atoms with Crippen LogP contribution in [0.3, 0.4) is 0 Å². The minimum Gasteiger partial charge on any atom is -0.304 e. The molecule has 0 bridgehead atoms. The Morgan fingerprint density at radius 2 is 2.13 bits per heavy atom. The smallest absolute Gasteiger partial charge is 0.0690 e. The normalized spacial score (nSPS) is 12.1. The Bertz CT molecular complexity index is 335. The van der Waals surface area contributed by atoms with Crippen molar-refractivity contribution in [3.8, 4) is 12.3 Å². The van der Waals surface area contributed by atoms with E-state index in [4.69, 9.17) is 6.42 Å². The molecule has 1 nitrogen and oxygen atoms in total. The van der Waals surface area contributed by atoms with Gasteiger partial charge in [-0.25, -0.2) is 0 Å². The number of benzene rings is 1. The van der Waals surface area contributed by atoms with Crippen LogP contribution < -0.4 is 5.32 Å². The molecule has 80 valence electrons. The highest BCUT2D eigenvalue weighted by molar-refractivity contribution is 5.25. The summed E-state index contributed by atoms with van der Waals surface area (Å²) in [4.78, 5) is 0. The van der Waals surface area contributed by atoms with Crippen LogP contribution in [0.4, 0.5) is 0 Å². The largest absolute Gasteiger partial charge is 0.304 e. The number of aryl methyl sites for hydroxylation is 2. The van der Waals surface area contributed by atoms with Gasteiger partial charge in [0.1, 0.15) is 0 Å². The van der Waals surface area contributed by atoms with Crippen LogP contribution in [0.2, 0.25) is 0 Å². The molecule has 1 N–H and O–H groups in total. The highest BCUT2D eigenvalue weighted by Gasteiger charge is 2.04. The predicted octanol–water partition coefficient (Wildman–Crippen LogP) is 2.54. The monoisotopic (exact) mass is 201 g/mol. The van der Waals surface area contributed by atoms with Crippen LogP contribution in [-0.4, -0.2) is 12.6 Å². The SMILES string of the molecule is C#CC(CCc1ccccc1C)NCC. The maximum absolute atomic E-state index is 5.45. The number of hydrogen-bond donors (Lipinski definition) is 1. The van der Waals surface area contributed by atoms with Gasteiger partial charge in [0.2, 0.25) is 0 Å². The van der Waals surface area contributed by atoms with Crippen molar-refractivity contribution in [2.45, 2.75) is 32.7 Å². The van der Waals surface area contributed by atoms with Crippen LogP contribution >= 0.6 is 0 Å². The van der Waals surface area contributed by atoms with E-state index in [0.717, 1.165) is 19.4 Å². The lowest BCUT2D eigenvalue weighted by molar-refractivity contribution is 0.588. The van der Waals surface area contributed by atoms with E-state index in [9.17, 15) is 0 Å². The zero-order chi connectivity index (χ0) is 11.1. The summed E-state index contributed by atoms with van der Waals surface area (Å²) in [5.41, 5.74) is 2.75. The van der Waals surface area contributed by atoms with E-state index in [1.165, 1.54) is 11.1 Å².